The molecule has 1 aromatic heterocycles. The standard InChI is InChI=1S/C21H25N3O2/c1-14-12-24(11-10-22-14)13-19-15(2)26-21(23-19)18-8-9-20(25-3)17-7-5-4-6-16(17)18/h4-9,14,22H,10-13H2,1-3H3/t14-/m0/s1. The van der Waals surface area contributed by atoms with Gasteiger partial charge >= 0.3 is 0 Å². The summed E-state index contributed by atoms with van der Waals surface area (Å²) in [7, 11) is 1.70. The summed E-state index contributed by atoms with van der Waals surface area (Å²) in [5.74, 6) is 2.44. The van der Waals surface area contributed by atoms with Crippen LogP contribution >= 0.6 is 0 Å². The Kier molecular flexibility index (Phi) is 4.66. The van der Waals surface area contributed by atoms with Crippen LogP contribution in [0.15, 0.2) is 40.8 Å². The van der Waals surface area contributed by atoms with Crippen LogP contribution < -0.4 is 10.1 Å². The van der Waals surface area contributed by atoms with Crippen molar-refractivity contribution in [3.8, 4) is 17.2 Å². The molecule has 3 aromatic rings. The molecule has 2 aromatic carbocycles. The quantitative estimate of drug-likeness (QED) is 0.778. The van der Waals surface area contributed by atoms with Gasteiger partial charge in [-0.15, -0.1) is 0 Å². The summed E-state index contributed by atoms with van der Waals surface area (Å²) >= 11 is 0. The Balaban J connectivity index is 1.68. The van der Waals surface area contributed by atoms with Gasteiger partial charge in [-0.1, -0.05) is 24.3 Å². The van der Waals surface area contributed by atoms with E-state index in [0.29, 0.717) is 11.9 Å². The minimum atomic E-state index is 0.515. The van der Waals surface area contributed by atoms with E-state index in [1.54, 1.807) is 7.11 Å². The molecular weight excluding hydrogens is 326 g/mol. The maximum atomic E-state index is 6.06. The van der Waals surface area contributed by atoms with Crippen LogP contribution in [0.3, 0.4) is 0 Å². The van der Waals surface area contributed by atoms with E-state index in [1.807, 2.05) is 31.2 Å². The molecular formula is C21H25N3O2. The molecule has 1 aliphatic heterocycles. The Morgan fingerprint density at radius 2 is 2.04 bits per heavy atom. The van der Waals surface area contributed by atoms with Gasteiger partial charge in [0.05, 0.1) is 12.8 Å². The van der Waals surface area contributed by atoms with E-state index in [4.69, 9.17) is 14.1 Å². The molecule has 1 fully saturated rings. The molecule has 1 atom stereocenters. The molecule has 0 radical (unpaired) electrons. The maximum Gasteiger partial charge on any atom is 0.227 e. The average molecular weight is 351 g/mol. The largest absolute Gasteiger partial charge is 0.496 e. The minimum Gasteiger partial charge on any atom is -0.496 e. The van der Waals surface area contributed by atoms with Gasteiger partial charge in [0.2, 0.25) is 5.89 Å². The zero-order valence-electron chi connectivity index (χ0n) is 15.6. The van der Waals surface area contributed by atoms with E-state index in [-0.39, 0.29) is 0 Å². The SMILES string of the molecule is COc1ccc(-c2nc(CN3CCN[C@@H](C)C3)c(C)o2)c2ccccc12. The fraction of sp³-hybridized carbons (Fsp3) is 0.381. The van der Waals surface area contributed by atoms with Gasteiger partial charge in [0.15, 0.2) is 0 Å². The molecule has 0 saturated carbocycles. The van der Waals surface area contributed by atoms with E-state index < -0.39 is 0 Å². The molecule has 136 valence electrons. The van der Waals surface area contributed by atoms with Crippen LogP contribution in [0, 0.1) is 6.92 Å². The number of oxazole rings is 1. The number of rotatable bonds is 4. The second kappa shape index (κ2) is 7.09. The van der Waals surface area contributed by atoms with Crippen LogP contribution in [-0.4, -0.2) is 42.7 Å². The van der Waals surface area contributed by atoms with Crippen molar-refractivity contribution >= 4 is 10.8 Å². The van der Waals surface area contributed by atoms with Crippen LogP contribution in [0.25, 0.3) is 22.2 Å². The van der Waals surface area contributed by atoms with Gasteiger partial charge in [-0.05, 0) is 31.4 Å². The van der Waals surface area contributed by atoms with Gasteiger partial charge in [0.1, 0.15) is 11.5 Å². The molecule has 5 nitrogen and oxygen atoms in total. The monoisotopic (exact) mass is 351 g/mol. The number of aromatic nitrogens is 1. The number of nitrogens with one attached hydrogen (secondary N) is 1. The highest BCUT2D eigenvalue weighted by molar-refractivity contribution is 5.98. The zero-order chi connectivity index (χ0) is 18.1. The third-order valence-electron chi connectivity index (χ3n) is 5.05. The zero-order valence-corrected chi connectivity index (χ0v) is 15.6. The fourth-order valence-corrected chi connectivity index (χ4v) is 3.69. The van der Waals surface area contributed by atoms with Crippen molar-refractivity contribution in [1.82, 2.24) is 15.2 Å². The summed E-state index contributed by atoms with van der Waals surface area (Å²) in [6, 6.07) is 12.7. The smallest absolute Gasteiger partial charge is 0.227 e. The number of hydrogen-bond acceptors (Lipinski definition) is 5. The second-order valence-corrected chi connectivity index (χ2v) is 6.97. The summed E-state index contributed by atoms with van der Waals surface area (Å²) in [4.78, 5) is 7.27. The first kappa shape index (κ1) is 17.1. The molecule has 2 heterocycles. The first-order valence-electron chi connectivity index (χ1n) is 9.14. The minimum absolute atomic E-state index is 0.515. The van der Waals surface area contributed by atoms with E-state index >= 15 is 0 Å². The van der Waals surface area contributed by atoms with Gasteiger partial charge < -0.3 is 14.5 Å². The van der Waals surface area contributed by atoms with Crippen LogP contribution in [0.2, 0.25) is 0 Å². The number of nitrogens with zero attached hydrogens (tertiary/aromatic N) is 2. The molecule has 0 aliphatic carbocycles. The first-order chi connectivity index (χ1) is 12.7. The second-order valence-electron chi connectivity index (χ2n) is 6.97. The predicted molar refractivity (Wildman–Crippen MR) is 103 cm³/mol. The van der Waals surface area contributed by atoms with E-state index in [1.165, 1.54) is 0 Å². The maximum absolute atomic E-state index is 6.06. The van der Waals surface area contributed by atoms with Crippen molar-refractivity contribution in [2.75, 3.05) is 26.7 Å². The third-order valence-corrected chi connectivity index (χ3v) is 5.05. The molecule has 0 bridgehead atoms. The Morgan fingerprint density at radius 3 is 2.81 bits per heavy atom. The molecule has 1 saturated heterocycles. The molecule has 0 unspecified atom stereocenters. The molecule has 5 heteroatoms. The molecule has 4 rings (SSSR count). The number of methoxy groups -OCH3 is 1. The summed E-state index contributed by atoms with van der Waals surface area (Å²) in [5, 5.41) is 5.64. The predicted octanol–water partition coefficient (Wildman–Crippen LogP) is 3.61. The van der Waals surface area contributed by atoms with Gasteiger partial charge in [-0.3, -0.25) is 4.90 Å². The van der Waals surface area contributed by atoms with Crippen LogP contribution in [0.4, 0.5) is 0 Å². The number of ether oxygens (including phenoxy) is 1. The highest BCUT2D eigenvalue weighted by Crippen LogP contribution is 2.34. The third kappa shape index (κ3) is 3.20. The molecule has 0 amide bonds. The van der Waals surface area contributed by atoms with Gasteiger partial charge in [-0.25, -0.2) is 4.98 Å². The summed E-state index contributed by atoms with van der Waals surface area (Å²) in [6.45, 7) is 8.15. The Morgan fingerprint density at radius 1 is 1.23 bits per heavy atom. The van der Waals surface area contributed by atoms with Gasteiger partial charge in [0, 0.05) is 43.2 Å². The Bertz CT molecular complexity index is 919. The van der Waals surface area contributed by atoms with Crippen molar-refractivity contribution in [2.45, 2.75) is 26.4 Å². The lowest BCUT2D eigenvalue weighted by molar-refractivity contribution is 0.197. The lowest BCUT2D eigenvalue weighted by atomic mass is 10.0. The molecule has 1 N–H and O–H groups in total. The van der Waals surface area contributed by atoms with Crippen molar-refractivity contribution < 1.29 is 9.15 Å². The first-order valence-corrected chi connectivity index (χ1v) is 9.14. The highest BCUT2D eigenvalue weighted by Gasteiger charge is 2.20. The summed E-state index contributed by atoms with van der Waals surface area (Å²) in [6.07, 6.45) is 0. The summed E-state index contributed by atoms with van der Waals surface area (Å²) < 4.78 is 11.6. The van der Waals surface area contributed by atoms with Gasteiger partial charge in [-0.2, -0.15) is 0 Å². The fourth-order valence-electron chi connectivity index (χ4n) is 3.69. The van der Waals surface area contributed by atoms with Gasteiger partial charge in [0.25, 0.3) is 0 Å². The van der Waals surface area contributed by atoms with Crippen molar-refractivity contribution in [3.63, 3.8) is 0 Å². The lowest BCUT2D eigenvalue weighted by Crippen LogP contribution is -2.48. The molecule has 26 heavy (non-hydrogen) atoms. The van der Waals surface area contributed by atoms with Crippen LogP contribution in [-0.2, 0) is 6.54 Å². The number of fused-ring (bicyclic) bond motifs is 1. The average Bonchev–Trinajstić information content (AvgIpc) is 3.01. The number of benzene rings is 2. The Hall–Kier alpha value is -2.37. The van der Waals surface area contributed by atoms with E-state index in [2.05, 4.69) is 29.3 Å². The summed E-state index contributed by atoms with van der Waals surface area (Å²) in [5.41, 5.74) is 2.03. The lowest BCUT2D eigenvalue weighted by Gasteiger charge is -2.31. The highest BCUT2D eigenvalue weighted by atomic mass is 16.5. The molecule has 1 aliphatic rings. The number of piperazine rings is 1. The number of hydrogen-bond donors (Lipinski definition) is 1. The van der Waals surface area contributed by atoms with Crippen LogP contribution in [0.1, 0.15) is 18.4 Å². The van der Waals surface area contributed by atoms with E-state index in [0.717, 1.165) is 59.7 Å². The van der Waals surface area contributed by atoms with Crippen molar-refractivity contribution in [1.29, 1.82) is 0 Å². The topological polar surface area (TPSA) is 50.5 Å². The van der Waals surface area contributed by atoms with Crippen molar-refractivity contribution in [3.05, 3.63) is 47.9 Å². The number of aryl methyl sites for hydroxylation is 1. The van der Waals surface area contributed by atoms with E-state index in [9.17, 15) is 0 Å². The van der Waals surface area contributed by atoms with Crippen LogP contribution in [0.5, 0.6) is 5.75 Å². The Labute approximate surface area is 154 Å². The van der Waals surface area contributed by atoms with Crippen molar-refractivity contribution in [2.24, 2.45) is 0 Å². The normalized spacial score (nSPS) is 18.3. The molecule has 0 spiro atoms.